The van der Waals surface area contributed by atoms with E-state index in [-0.39, 0.29) is 5.92 Å². The predicted molar refractivity (Wildman–Crippen MR) is 47.1 cm³/mol. The van der Waals surface area contributed by atoms with E-state index in [0.717, 1.165) is 5.75 Å². The molecule has 12 heavy (non-hydrogen) atoms. The highest BCUT2D eigenvalue weighted by Crippen LogP contribution is 2.12. The first kappa shape index (κ1) is 9.41. The average molecular weight is 187 g/mol. The summed E-state index contributed by atoms with van der Waals surface area (Å²) < 4.78 is 12.4. The van der Waals surface area contributed by atoms with Crippen molar-refractivity contribution in [1.82, 2.24) is 9.97 Å². The second-order valence-corrected chi connectivity index (χ2v) is 3.16. The number of hydrogen-bond acceptors (Lipinski definition) is 4. The zero-order chi connectivity index (χ0) is 8.97. The highest BCUT2D eigenvalue weighted by Gasteiger charge is 2.07. The Morgan fingerprint density at radius 1 is 1.58 bits per heavy atom. The molecule has 0 amide bonds. The van der Waals surface area contributed by atoms with Gasteiger partial charge >= 0.3 is 0 Å². The second-order valence-electron chi connectivity index (χ2n) is 2.49. The summed E-state index contributed by atoms with van der Waals surface area (Å²) in [5.74, 6) is 1.13. The van der Waals surface area contributed by atoms with Crippen molar-refractivity contribution in [3.63, 3.8) is 0 Å². The third kappa shape index (κ3) is 2.42. The van der Waals surface area contributed by atoms with Crippen LogP contribution < -0.4 is 5.14 Å². The Hall–Kier alpha value is -0.680. The Balaban J connectivity index is 2.68. The van der Waals surface area contributed by atoms with E-state index in [2.05, 4.69) is 9.97 Å². The van der Waals surface area contributed by atoms with Crippen LogP contribution in [0.2, 0.25) is 0 Å². The number of hydrogen-bond donors (Lipinski definition) is 1. The molecule has 2 N–H and O–H groups in total. The molecule has 0 aromatic carbocycles. The first-order chi connectivity index (χ1) is 5.74. The molecule has 0 aliphatic rings. The Kier molecular flexibility index (Phi) is 3.43. The van der Waals surface area contributed by atoms with Gasteiger partial charge < -0.3 is 0 Å². The lowest BCUT2D eigenvalue weighted by Crippen LogP contribution is -2.04. The van der Waals surface area contributed by atoms with Crippen LogP contribution >= 0.6 is 11.9 Å². The van der Waals surface area contributed by atoms with E-state index in [1.54, 1.807) is 0 Å². The molecule has 1 heterocycles. The lowest BCUT2D eigenvalue weighted by molar-refractivity contribution is 0.604. The fourth-order valence-electron chi connectivity index (χ4n) is 0.796. The average Bonchev–Trinajstić information content (AvgIpc) is 2.06. The maximum absolute atomic E-state index is 12.4. The van der Waals surface area contributed by atoms with Gasteiger partial charge in [-0.25, -0.2) is 14.4 Å². The van der Waals surface area contributed by atoms with Crippen molar-refractivity contribution < 1.29 is 4.39 Å². The summed E-state index contributed by atoms with van der Waals surface area (Å²) in [6.45, 7) is 1.95. The molecule has 3 nitrogen and oxygen atoms in total. The van der Waals surface area contributed by atoms with Gasteiger partial charge in [-0.2, -0.15) is 0 Å². The van der Waals surface area contributed by atoms with Gasteiger partial charge in [0, 0.05) is 11.7 Å². The van der Waals surface area contributed by atoms with Crippen LogP contribution in [0.4, 0.5) is 4.39 Å². The Bertz CT molecular complexity index is 239. The van der Waals surface area contributed by atoms with E-state index in [0.29, 0.717) is 5.82 Å². The molecular weight excluding hydrogens is 177 g/mol. The van der Waals surface area contributed by atoms with Crippen LogP contribution in [0.5, 0.6) is 0 Å². The minimum Gasteiger partial charge on any atom is -0.278 e. The maximum atomic E-state index is 12.4. The van der Waals surface area contributed by atoms with Gasteiger partial charge in [0.15, 0.2) is 5.82 Å². The SMILES string of the molecule is CC(CSN)c1ncc(F)cn1. The molecule has 66 valence electrons. The molecule has 1 rings (SSSR count). The zero-order valence-corrected chi connectivity index (χ0v) is 7.51. The third-order valence-corrected chi connectivity index (χ3v) is 2.12. The van der Waals surface area contributed by atoms with Crippen LogP contribution in [0.3, 0.4) is 0 Å². The smallest absolute Gasteiger partial charge is 0.159 e. The van der Waals surface area contributed by atoms with E-state index >= 15 is 0 Å². The number of halogens is 1. The Labute approximate surface area is 74.7 Å². The summed E-state index contributed by atoms with van der Waals surface area (Å²) in [5.41, 5.74) is 0. The van der Waals surface area contributed by atoms with Crippen LogP contribution in [0.25, 0.3) is 0 Å². The molecule has 1 atom stereocenters. The number of aromatic nitrogens is 2. The fraction of sp³-hybridized carbons (Fsp3) is 0.429. The topological polar surface area (TPSA) is 51.8 Å². The standard InChI is InChI=1S/C7H10FN3S/c1-5(4-12-9)7-10-2-6(8)3-11-7/h2-3,5H,4,9H2,1H3. The van der Waals surface area contributed by atoms with Gasteiger partial charge in [0.2, 0.25) is 0 Å². The van der Waals surface area contributed by atoms with Gasteiger partial charge in [-0.05, 0) is 0 Å². The summed E-state index contributed by atoms with van der Waals surface area (Å²) in [4.78, 5) is 7.68. The highest BCUT2D eigenvalue weighted by atomic mass is 32.2. The third-order valence-electron chi connectivity index (χ3n) is 1.43. The molecular formula is C7H10FN3S. The van der Waals surface area contributed by atoms with Crippen molar-refractivity contribution >= 4 is 11.9 Å². The number of rotatable bonds is 3. The number of nitrogens with two attached hydrogens (primary N) is 1. The highest BCUT2D eigenvalue weighted by molar-refractivity contribution is 7.97. The monoisotopic (exact) mass is 187 g/mol. The van der Waals surface area contributed by atoms with E-state index < -0.39 is 5.82 Å². The molecule has 0 radical (unpaired) electrons. The van der Waals surface area contributed by atoms with Gasteiger partial charge in [-0.1, -0.05) is 18.9 Å². The quantitative estimate of drug-likeness (QED) is 0.725. The second kappa shape index (κ2) is 4.37. The van der Waals surface area contributed by atoms with E-state index in [1.807, 2.05) is 6.92 Å². The van der Waals surface area contributed by atoms with E-state index in [1.165, 1.54) is 24.3 Å². The van der Waals surface area contributed by atoms with Crippen LogP contribution in [0, 0.1) is 5.82 Å². The first-order valence-corrected chi connectivity index (χ1v) is 4.58. The van der Waals surface area contributed by atoms with Crippen molar-refractivity contribution in [3.8, 4) is 0 Å². The summed E-state index contributed by atoms with van der Waals surface area (Å²) in [5, 5.41) is 5.28. The van der Waals surface area contributed by atoms with Crippen LogP contribution in [0.15, 0.2) is 12.4 Å². The van der Waals surface area contributed by atoms with Gasteiger partial charge in [-0.3, -0.25) is 5.14 Å². The predicted octanol–water partition coefficient (Wildman–Crippen LogP) is 1.33. The Morgan fingerprint density at radius 3 is 2.67 bits per heavy atom. The molecule has 1 aromatic rings. The first-order valence-electron chi connectivity index (χ1n) is 3.53. The normalized spacial score (nSPS) is 12.9. The van der Waals surface area contributed by atoms with Crippen LogP contribution in [-0.2, 0) is 0 Å². The van der Waals surface area contributed by atoms with Crippen molar-refractivity contribution in [2.24, 2.45) is 5.14 Å². The minimum absolute atomic E-state index is 0.167. The minimum atomic E-state index is -0.411. The van der Waals surface area contributed by atoms with Crippen LogP contribution in [0.1, 0.15) is 18.7 Å². The van der Waals surface area contributed by atoms with Gasteiger partial charge in [0.05, 0.1) is 12.4 Å². The van der Waals surface area contributed by atoms with Crippen molar-refractivity contribution in [2.75, 3.05) is 5.75 Å². The molecule has 0 bridgehead atoms. The molecule has 0 fully saturated rings. The summed E-state index contributed by atoms with van der Waals surface area (Å²) in [6, 6.07) is 0. The largest absolute Gasteiger partial charge is 0.278 e. The molecule has 0 aliphatic carbocycles. The summed E-state index contributed by atoms with van der Waals surface area (Å²) in [7, 11) is 0. The molecule has 1 unspecified atom stereocenters. The van der Waals surface area contributed by atoms with Gasteiger partial charge in [0.25, 0.3) is 0 Å². The summed E-state index contributed by atoms with van der Waals surface area (Å²) in [6.07, 6.45) is 2.33. The van der Waals surface area contributed by atoms with E-state index in [4.69, 9.17) is 5.14 Å². The molecule has 0 aliphatic heterocycles. The lowest BCUT2D eigenvalue weighted by atomic mass is 10.2. The fourth-order valence-corrected chi connectivity index (χ4v) is 1.23. The zero-order valence-electron chi connectivity index (χ0n) is 6.70. The van der Waals surface area contributed by atoms with Crippen LogP contribution in [-0.4, -0.2) is 15.7 Å². The molecule has 0 spiro atoms. The summed E-state index contributed by atoms with van der Waals surface area (Å²) >= 11 is 1.24. The molecule has 5 heteroatoms. The molecule has 0 saturated carbocycles. The number of nitrogens with zero attached hydrogens (tertiary/aromatic N) is 2. The maximum Gasteiger partial charge on any atom is 0.159 e. The molecule has 0 saturated heterocycles. The van der Waals surface area contributed by atoms with E-state index in [9.17, 15) is 4.39 Å². The van der Waals surface area contributed by atoms with Gasteiger partial charge in [0.1, 0.15) is 5.82 Å². The van der Waals surface area contributed by atoms with Gasteiger partial charge in [-0.15, -0.1) is 0 Å². The lowest BCUT2D eigenvalue weighted by Gasteiger charge is -2.06. The Morgan fingerprint density at radius 2 is 2.17 bits per heavy atom. The van der Waals surface area contributed by atoms with Crippen molar-refractivity contribution in [3.05, 3.63) is 24.0 Å². The van der Waals surface area contributed by atoms with Crippen molar-refractivity contribution in [2.45, 2.75) is 12.8 Å². The molecule has 1 aromatic heterocycles. The van der Waals surface area contributed by atoms with Crippen molar-refractivity contribution in [1.29, 1.82) is 0 Å².